The first-order valence-electron chi connectivity index (χ1n) is 10.9. The van der Waals surface area contributed by atoms with E-state index in [4.69, 9.17) is 4.74 Å². The van der Waals surface area contributed by atoms with Crippen LogP contribution in [0.4, 0.5) is 0 Å². The van der Waals surface area contributed by atoms with Crippen LogP contribution in [-0.2, 0) is 0 Å². The Hall–Kier alpha value is -2.75. The molecule has 0 spiro atoms. The first kappa shape index (κ1) is 20.5. The van der Waals surface area contributed by atoms with Crippen molar-refractivity contribution in [1.82, 2.24) is 9.88 Å². The van der Waals surface area contributed by atoms with E-state index in [9.17, 15) is 4.79 Å². The van der Waals surface area contributed by atoms with Crippen molar-refractivity contribution in [3.8, 4) is 5.75 Å². The smallest absolute Gasteiger partial charge is 0.270 e. The molecule has 4 nitrogen and oxygen atoms in total. The van der Waals surface area contributed by atoms with E-state index < -0.39 is 0 Å². The van der Waals surface area contributed by atoms with Gasteiger partial charge < -0.3 is 14.6 Å². The highest BCUT2D eigenvalue weighted by Gasteiger charge is 2.55. The summed E-state index contributed by atoms with van der Waals surface area (Å²) in [5, 5.41) is 0.946. The second-order valence-corrected chi connectivity index (χ2v) is 9.01. The van der Waals surface area contributed by atoms with Crippen LogP contribution in [0.2, 0.25) is 0 Å². The van der Waals surface area contributed by atoms with Crippen molar-refractivity contribution in [2.24, 2.45) is 11.8 Å². The number of carbonyl (C=O) groups is 1. The lowest BCUT2D eigenvalue weighted by molar-refractivity contribution is 0.0221. The van der Waals surface area contributed by atoms with Gasteiger partial charge in [0, 0.05) is 23.4 Å². The molecule has 0 bridgehead atoms. The maximum atomic E-state index is 13.9. The quantitative estimate of drug-likeness (QED) is 0.579. The fourth-order valence-corrected chi connectivity index (χ4v) is 5.93. The molecule has 1 aliphatic rings. The van der Waals surface area contributed by atoms with Crippen LogP contribution in [0.25, 0.3) is 10.9 Å². The fraction of sp³-hybridized carbons (Fsp3) is 0.423. The predicted molar refractivity (Wildman–Crippen MR) is 122 cm³/mol. The number of amides is 1. The summed E-state index contributed by atoms with van der Waals surface area (Å²) in [5.74, 6) is 1.84. The number of H-pyrrole nitrogens is 1. The van der Waals surface area contributed by atoms with Crippen molar-refractivity contribution in [1.29, 1.82) is 0 Å². The van der Waals surface area contributed by atoms with Crippen LogP contribution in [0.3, 0.4) is 0 Å². The molecule has 2 heterocycles. The molecular formula is C26H32N2O2. The zero-order chi connectivity index (χ0) is 21.5. The summed E-state index contributed by atoms with van der Waals surface area (Å²) in [6.07, 6.45) is 0.982. The standard InChI is InChI=1S/C26H32N2O2/c1-17(2)26(18(3)4)21(19-10-7-6-8-11-19)14-15-28(26)25(29)23-16-20-22(27-23)12-9-13-24(20)30-5/h6-13,16-18,21,27H,14-15H2,1-5H3. The molecule has 4 heteroatoms. The van der Waals surface area contributed by atoms with Crippen LogP contribution in [0, 0.1) is 11.8 Å². The lowest BCUT2D eigenvalue weighted by atomic mass is 9.66. The third-order valence-corrected chi connectivity index (χ3v) is 7.04. The Morgan fingerprint density at radius 2 is 1.77 bits per heavy atom. The minimum absolute atomic E-state index is 0.0779. The number of carbonyl (C=O) groups excluding carboxylic acids is 1. The predicted octanol–water partition coefficient (Wildman–Crippen LogP) is 5.86. The van der Waals surface area contributed by atoms with Crippen molar-refractivity contribution in [3.63, 3.8) is 0 Å². The number of hydrogen-bond acceptors (Lipinski definition) is 2. The summed E-state index contributed by atoms with van der Waals surface area (Å²) in [4.78, 5) is 19.4. The van der Waals surface area contributed by atoms with Gasteiger partial charge in [-0.25, -0.2) is 0 Å². The third kappa shape index (κ3) is 3.01. The van der Waals surface area contributed by atoms with E-state index >= 15 is 0 Å². The van der Waals surface area contributed by atoms with E-state index in [1.165, 1.54) is 5.56 Å². The largest absolute Gasteiger partial charge is 0.496 e. The van der Waals surface area contributed by atoms with Crippen LogP contribution in [-0.4, -0.2) is 35.0 Å². The molecule has 0 radical (unpaired) electrons. The Balaban J connectivity index is 1.80. The average Bonchev–Trinajstić information content (AvgIpc) is 3.36. The number of aromatic nitrogens is 1. The molecule has 1 amide bonds. The number of nitrogens with one attached hydrogen (secondary N) is 1. The average molecular weight is 405 g/mol. The van der Waals surface area contributed by atoms with Gasteiger partial charge in [-0.15, -0.1) is 0 Å². The molecule has 1 fully saturated rings. The number of hydrogen-bond donors (Lipinski definition) is 1. The lowest BCUT2D eigenvalue weighted by Crippen LogP contribution is -2.57. The molecule has 1 aliphatic heterocycles. The zero-order valence-electron chi connectivity index (χ0n) is 18.6. The molecule has 0 saturated carbocycles. The molecule has 1 N–H and O–H groups in total. The Morgan fingerprint density at radius 3 is 2.40 bits per heavy atom. The Bertz CT molecular complexity index is 1030. The summed E-state index contributed by atoms with van der Waals surface area (Å²) >= 11 is 0. The number of fused-ring (bicyclic) bond motifs is 1. The number of likely N-dealkylation sites (tertiary alicyclic amines) is 1. The molecule has 2 aromatic carbocycles. The first-order valence-corrected chi connectivity index (χ1v) is 10.9. The van der Waals surface area contributed by atoms with Gasteiger partial charge in [0.25, 0.3) is 5.91 Å². The Labute approximate surface area is 179 Å². The second-order valence-electron chi connectivity index (χ2n) is 9.01. The highest BCUT2D eigenvalue weighted by atomic mass is 16.5. The van der Waals surface area contributed by atoms with E-state index in [1.54, 1.807) is 7.11 Å². The SMILES string of the molecule is COc1cccc2[nH]c(C(=O)N3CCC(c4ccccc4)C3(C(C)C)C(C)C)cc12. The summed E-state index contributed by atoms with van der Waals surface area (Å²) < 4.78 is 5.49. The maximum Gasteiger partial charge on any atom is 0.270 e. The molecule has 1 aromatic heterocycles. The van der Waals surface area contributed by atoms with Crippen molar-refractivity contribution in [2.75, 3.05) is 13.7 Å². The van der Waals surface area contributed by atoms with Gasteiger partial charge in [0.1, 0.15) is 11.4 Å². The van der Waals surface area contributed by atoms with Crippen molar-refractivity contribution >= 4 is 16.8 Å². The summed E-state index contributed by atoms with van der Waals surface area (Å²) in [6.45, 7) is 9.80. The van der Waals surface area contributed by atoms with Crippen molar-refractivity contribution in [2.45, 2.75) is 45.6 Å². The number of methoxy groups -OCH3 is 1. The van der Waals surface area contributed by atoms with E-state index in [-0.39, 0.29) is 11.4 Å². The number of rotatable bonds is 5. The molecule has 0 aliphatic carbocycles. The highest BCUT2D eigenvalue weighted by Crippen LogP contribution is 2.51. The minimum Gasteiger partial charge on any atom is -0.496 e. The maximum absolute atomic E-state index is 13.9. The molecule has 4 rings (SSSR count). The summed E-state index contributed by atoms with van der Waals surface area (Å²) in [5.41, 5.74) is 2.65. The molecule has 30 heavy (non-hydrogen) atoms. The second kappa shape index (κ2) is 7.82. The van der Waals surface area contributed by atoms with E-state index in [1.807, 2.05) is 24.3 Å². The van der Waals surface area contributed by atoms with Gasteiger partial charge in [0.2, 0.25) is 0 Å². The summed E-state index contributed by atoms with van der Waals surface area (Å²) in [7, 11) is 1.66. The van der Waals surface area contributed by atoms with Gasteiger partial charge in [-0.2, -0.15) is 0 Å². The van der Waals surface area contributed by atoms with Gasteiger partial charge in [0.05, 0.1) is 12.6 Å². The third-order valence-electron chi connectivity index (χ3n) is 7.04. The molecule has 1 unspecified atom stereocenters. The fourth-order valence-electron chi connectivity index (χ4n) is 5.93. The molecule has 3 aromatic rings. The molecule has 158 valence electrons. The monoisotopic (exact) mass is 404 g/mol. The molecule has 1 saturated heterocycles. The Kier molecular flexibility index (Phi) is 5.35. The first-order chi connectivity index (χ1) is 14.4. The van der Waals surface area contributed by atoms with Gasteiger partial charge in [-0.3, -0.25) is 4.79 Å². The number of benzene rings is 2. The molecular weight excluding hydrogens is 372 g/mol. The number of ether oxygens (including phenoxy) is 1. The van der Waals surface area contributed by atoms with Gasteiger partial charge >= 0.3 is 0 Å². The van der Waals surface area contributed by atoms with Crippen LogP contribution in [0.5, 0.6) is 5.75 Å². The van der Waals surface area contributed by atoms with Crippen LogP contribution < -0.4 is 4.74 Å². The van der Waals surface area contributed by atoms with Crippen LogP contribution in [0.15, 0.2) is 54.6 Å². The van der Waals surface area contributed by atoms with E-state index in [0.29, 0.717) is 23.4 Å². The van der Waals surface area contributed by atoms with Gasteiger partial charge in [-0.1, -0.05) is 64.1 Å². The topological polar surface area (TPSA) is 45.3 Å². The Morgan fingerprint density at radius 1 is 1.07 bits per heavy atom. The van der Waals surface area contributed by atoms with Crippen molar-refractivity contribution < 1.29 is 9.53 Å². The van der Waals surface area contributed by atoms with E-state index in [2.05, 4.69) is 67.9 Å². The van der Waals surface area contributed by atoms with Crippen LogP contribution in [0.1, 0.15) is 56.1 Å². The highest BCUT2D eigenvalue weighted by molar-refractivity contribution is 6.00. The van der Waals surface area contributed by atoms with Crippen LogP contribution >= 0.6 is 0 Å². The number of nitrogens with zero attached hydrogens (tertiary/aromatic N) is 1. The lowest BCUT2D eigenvalue weighted by Gasteiger charge is -2.49. The zero-order valence-corrected chi connectivity index (χ0v) is 18.6. The van der Waals surface area contributed by atoms with Crippen molar-refractivity contribution in [3.05, 3.63) is 65.9 Å². The van der Waals surface area contributed by atoms with Gasteiger partial charge in [-0.05, 0) is 42.0 Å². The minimum atomic E-state index is -0.236. The van der Waals surface area contributed by atoms with E-state index in [0.717, 1.165) is 29.6 Å². The van der Waals surface area contributed by atoms with Gasteiger partial charge in [0.15, 0.2) is 0 Å². The normalized spacial score (nSPS) is 18.5. The summed E-state index contributed by atoms with van der Waals surface area (Å²) in [6, 6.07) is 18.5. The number of aromatic amines is 1. The molecule has 1 atom stereocenters.